The first kappa shape index (κ1) is 13.0. The van der Waals surface area contributed by atoms with Gasteiger partial charge in [0.25, 0.3) is 0 Å². The lowest BCUT2D eigenvalue weighted by atomic mass is 9.73. The number of hydrogen-bond donors (Lipinski definition) is 1. The average molecular weight is 214 g/mol. The second-order valence-electron chi connectivity index (χ2n) is 5.43. The van der Waals surface area contributed by atoms with Crippen LogP contribution in [-0.4, -0.2) is 24.4 Å². The Kier molecular flexibility index (Phi) is 5.07. The zero-order valence-corrected chi connectivity index (χ0v) is 10.6. The predicted molar refractivity (Wildman–Crippen MR) is 62.8 cm³/mol. The first-order chi connectivity index (χ1) is 7.04. The van der Waals surface area contributed by atoms with E-state index in [0.717, 1.165) is 24.7 Å². The van der Waals surface area contributed by atoms with E-state index in [-0.39, 0.29) is 12.2 Å². The van der Waals surface area contributed by atoms with Crippen LogP contribution in [0.25, 0.3) is 0 Å². The van der Waals surface area contributed by atoms with Gasteiger partial charge in [0.05, 0.1) is 12.2 Å². The van der Waals surface area contributed by atoms with Crippen LogP contribution >= 0.6 is 0 Å². The summed E-state index contributed by atoms with van der Waals surface area (Å²) in [6.45, 7) is 6.67. The molecule has 1 fully saturated rings. The minimum atomic E-state index is -0.0994. The van der Waals surface area contributed by atoms with Crippen LogP contribution < -0.4 is 0 Å². The lowest BCUT2D eigenvalue weighted by Crippen LogP contribution is -2.33. The van der Waals surface area contributed by atoms with E-state index in [0.29, 0.717) is 5.92 Å². The Bertz CT molecular complexity index is 179. The number of ether oxygens (including phenoxy) is 1. The summed E-state index contributed by atoms with van der Waals surface area (Å²) in [7, 11) is 1.75. The van der Waals surface area contributed by atoms with E-state index in [2.05, 4.69) is 20.8 Å². The van der Waals surface area contributed by atoms with E-state index in [1.54, 1.807) is 7.11 Å². The van der Waals surface area contributed by atoms with Gasteiger partial charge >= 0.3 is 0 Å². The standard InChI is InChI=1S/C13H26O2/c1-9(2)11-5-6-13(14)12(8-11)7-10(3)15-4/h9-14H,5-8H2,1-4H3. The molecule has 1 rings (SSSR count). The van der Waals surface area contributed by atoms with Gasteiger partial charge in [0.1, 0.15) is 0 Å². The second kappa shape index (κ2) is 5.86. The van der Waals surface area contributed by atoms with Crippen LogP contribution in [-0.2, 0) is 4.74 Å². The van der Waals surface area contributed by atoms with Crippen LogP contribution in [0, 0.1) is 17.8 Å². The monoisotopic (exact) mass is 214 g/mol. The molecule has 2 heteroatoms. The molecule has 0 spiro atoms. The number of aliphatic hydroxyl groups is 1. The zero-order chi connectivity index (χ0) is 11.4. The Morgan fingerprint density at radius 1 is 1.27 bits per heavy atom. The van der Waals surface area contributed by atoms with E-state index in [1.807, 2.05) is 0 Å². The molecular formula is C13H26O2. The van der Waals surface area contributed by atoms with Crippen molar-refractivity contribution < 1.29 is 9.84 Å². The fraction of sp³-hybridized carbons (Fsp3) is 1.00. The molecule has 1 aliphatic carbocycles. The van der Waals surface area contributed by atoms with Gasteiger partial charge in [-0.1, -0.05) is 13.8 Å². The largest absolute Gasteiger partial charge is 0.393 e. The Morgan fingerprint density at radius 3 is 2.47 bits per heavy atom. The van der Waals surface area contributed by atoms with Crippen molar-refractivity contribution in [1.82, 2.24) is 0 Å². The minimum absolute atomic E-state index is 0.0994. The maximum atomic E-state index is 9.96. The fourth-order valence-corrected chi connectivity index (χ4v) is 2.67. The molecule has 15 heavy (non-hydrogen) atoms. The lowest BCUT2D eigenvalue weighted by molar-refractivity contribution is 0.00233. The SMILES string of the molecule is COC(C)CC1CC(C(C)C)CCC1O. The molecular weight excluding hydrogens is 188 g/mol. The number of rotatable bonds is 4. The molecule has 0 heterocycles. The molecule has 0 aliphatic heterocycles. The minimum Gasteiger partial charge on any atom is -0.393 e. The number of aliphatic hydroxyl groups excluding tert-OH is 1. The summed E-state index contributed by atoms with van der Waals surface area (Å²) in [6.07, 6.45) is 4.52. The Labute approximate surface area is 94.0 Å². The smallest absolute Gasteiger partial charge is 0.0569 e. The molecule has 1 saturated carbocycles. The van der Waals surface area contributed by atoms with Crippen molar-refractivity contribution in [3.8, 4) is 0 Å². The predicted octanol–water partition coefficient (Wildman–Crippen LogP) is 2.84. The molecule has 90 valence electrons. The van der Waals surface area contributed by atoms with Gasteiger partial charge in [-0.05, 0) is 50.4 Å². The lowest BCUT2D eigenvalue weighted by Gasteiger charge is -2.36. The molecule has 2 nitrogen and oxygen atoms in total. The molecule has 0 aromatic heterocycles. The van der Waals surface area contributed by atoms with Crippen molar-refractivity contribution >= 4 is 0 Å². The van der Waals surface area contributed by atoms with E-state index >= 15 is 0 Å². The van der Waals surface area contributed by atoms with Gasteiger partial charge in [-0.2, -0.15) is 0 Å². The maximum Gasteiger partial charge on any atom is 0.0569 e. The highest BCUT2D eigenvalue weighted by Gasteiger charge is 2.31. The highest BCUT2D eigenvalue weighted by Crippen LogP contribution is 2.36. The Morgan fingerprint density at radius 2 is 1.93 bits per heavy atom. The maximum absolute atomic E-state index is 9.96. The van der Waals surface area contributed by atoms with Crippen molar-refractivity contribution in [2.24, 2.45) is 17.8 Å². The van der Waals surface area contributed by atoms with Crippen LogP contribution in [0.5, 0.6) is 0 Å². The third-order valence-electron chi connectivity index (χ3n) is 3.96. The van der Waals surface area contributed by atoms with Gasteiger partial charge in [-0.25, -0.2) is 0 Å². The van der Waals surface area contributed by atoms with Gasteiger partial charge in [-0.15, -0.1) is 0 Å². The van der Waals surface area contributed by atoms with Crippen molar-refractivity contribution in [3.05, 3.63) is 0 Å². The van der Waals surface area contributed by atoms with Crippen LogP contribution in [0.15, 0.2) is 0 Å². The van der Waals surface area contributed by atoms with Crippen LogP contribution in [0.4, 0.5) is 0 Å². The van der Waals surface area contributed by atoms with Crippen molar-refractivity contribution in [2.45, 2.75) is 58.7 Å². The first-order valence-corrected chi connectivity index (χ1v) is 6.25. The van der Waals surface area contributed by atoms with Gasteiger partial charge in [-0.3, -0.25) is 0 Å². The van der Waals surface area contributed by atoms with Crippen molar-refractivity contribution in [1.29, 1.82) is 0 Å². The molecule has 4 unspecified atom stereocenters. The van der Waals surface area contributed by atoms with E-state index in [9.17, 15) is 5.11 Å². The Hall–Kier alpha value is -0.0800. The molecule has 0 saturated heterocycles. The fourth-order valence-electron chi connectivity index (χ4n) is 2.67. The average Bonchev–Trinajstić information content (AvgIpc) is 2.20. The summed E-state index contributed by atoms with van der Waals surface area (Å²) in [6, 6.07) is 0. The van der Waals surface area contributed by atoms with Crippen molar-refractivity contribution in [2.75, 3.05) is 7.11 Å². The van der Waals surface area contributed by atoms with Crippen molar-refractivity contribution in [3.63, 3.8) is 0 Å². The second-order valence-corrected chi connectivity index (χ2v) is 5.43. The summed E-state index contributed by atoms with van der Waals surface area (Å²) in [5.41, 5.74) is 0. The van der Waals surface area contributed by atoms with Crippen LogP contribution in [0.1, 0.15) is 46.5 Å². The normalized spacial score (nSPS) is 34.4. The summed E-state index contributed by atoms with van der Waals surface area (Å²) in [4.78, 5) is 0. The molecule has 1 aliphatic rings. The molecule has 0 aromatic rings. The third-order valence-corrected chi connectivity index (χ3v) is 3.96. The summed E-state index contributed by atoms with van der Waals surface area (Å²) >= 11 is 0. The van der Waals surface area contributed by atoms with Gasteiger partial charge in [0, 0.05) is 7.11 Å². The molecule has 1 N–H and O–H groups in total. The van der Waals surface area contributed by atoms with E-state index in [1.165, 1.54) is 12.8 Å². The first-order valence-electron chi connectivity index (χ1n) is 6.25. The van der Waals surface area contributed by atoms with Gasteiger partial charge in [0.15, 0.2) is 0 Å². The summed E-state index contributed by atoms with van der Waals surface area (Å²) in [5, 5.41) is 9.96. The summed E-state index contributed by atoms with van der Waals surface area (Å²) < 4.78 is 5.29. The molecule has 0 aromatic carbocycles. The number of methoxy groups -OCH3 is 1. The molecule has 4 atom stereocenters. The molecule has 0 radical (unpaired) electrons. The Balaban J connectivity index is 2.46. The van der Waals surface area contributed by atoms with Gasteiger partial charge in [0.2, 0.25) is 0 Å². The van der Waals surface area contributed by atoms with Crippen LogP contribution in [0.3, 0.4) is 0 Å². The highest BCUT2D eigenvalue weighted by molar-refractivity contribution is 4.82. The van der Waals surface area contributed by atoms with E-state index < -0.39 is 0 Å². The molecule has 0 amide bonds. The topological polar surface area (TPSA) is 29.5 Å². The summed E-state index contributed by atoms with van der Waals surface area (Å²) in [5.74, 6) is 1.99. The highest BCUT2D eigenvalue weighted by atomic mass is 16.5. The third kappa shape index (κ3) is 3.76. The molecule has 0 bridgehead atoms. The quantitative estimate of drug-likeness (QED) is 0.779. The number of hydrogen-bond acceptors (Lipinski definition) is 2. The van der Waals surface area contributed by atoms with E-state index in [4.69, 9.17) is 4.74 Å². The zero-order valence-electron chi connectivity index (χ0n) is 10.6. The van der Waals surface area contributed by atoms with Gasteiger partial charge < -0.3 is 9.84 Å². The van der Waals surface area contributed by atoms with Crippen LogP contribution in [0.2, 0.25) is 0 Å².